The van der Waals surface area contributed by atoms with Gasteiger partial charge in [-0.15, -0.1) is 0 Å². The molecule has 2 rings (SSSR count). The van der Waals surface area contributed by atoms with Crippen molar-refractivity contribution in [2.45, 2.75) is 6.42 Å². The summed E-state index contributed by atoms with van der Waals surface area (Å²) in [6.07, 6.45) is 0.977. The Bertz CT molecular complexity index is 452. The normalized spacial score (nSPS) is 16.0. The van der Waals surface area contributed by atoms with E-state index in [0.717, 1.165) is 31.8 Å². The van der Waals surface area contributed by atoms with Crippen LogP contribution in [-0.4, -0.2) is 51.2 Å². The zero-order valence-corrected chi connectivity index (χ0v) is 11.6. The molecule has 0 unspecified atom stereocenters. The predicted molar refractivity (Wildman–Crippen MR) is 76.5 cm³/mol. The second kappa shape index (κ2) is 5.93. The Morgan fingerprint density at radius 2 is 2.11 bits per heavy atom. The Kier molecular flexibility index (Phi) is 4.27. The van der Waals surface area contributed by atoms with Crippen molar-refractivity contribution in [3.8, 4) is 0 Å². The van der Waals surface area contributed by atoms with Crippen LogP contribution >= 0.6 is 0 Å². The van der Waals surface area contributed by atoms with Crippen LogP contribution in [0, 0.1) is 0 Å². The number of ether oxygens (including phenoxy) is 1. The number of anilines is 2. The minimum atomic E-state index is -0.00711. The molecule has 0 radical (unpaired) electrons. The first-order valence-corrected chi connectivity index (χ1v) is 6.53. The van der Waals surface area contributed by atoms with E-state index < -0.39 is 0 Å². The van der Waals surface area contributed by atoms with Crippen molar-refractivity contribution >= 4 is 17.3 Å². The maximum atomic E-state index is 12.0. The van der Waals surface area contributed by atoms with Crippen LogP contribution in [0.5, 0.6) is 0 Å². The number of nitrogen functional groups attached to an aromatic ring is 1. The maximum Gasteiger partial charge on any atom is 0.253 e. The van der Waals surface area contributed by atoms with Gasteiger partial charge in [0.2, 0.25) is 0 Å². The van der Waals surface area contributed by atoms with Crippen LogP contribution < -0.4 is 10.6 Å². The van der Waals surface area contributed by atoms with Gasteiger partial charge in [0, 0.05) is 39.4 Å². The van der Waals surface area contributed by atoms with Gasteiger partial charge in [-0.05, 0) is 24.6 Å². The SMILES string of the molecule is CN(C)C(=O)c1ccc(N)c(N2CCCOCC2)c1. The first kappa shape index (κ1) is 13.7. The molecular formula is C14H21N3O2. The summed E-state index contributed by atoms with van der Waals surface area (Å²) < 4.78 is 5.44. The lowest BCUT2D eigenvalue weighted by molar-refractivity contribution is 0.0827. The minimum absolute atomic E-state index is 0.00711. The Hall–Kier alpha value is -1.75. The summed E-state index contributed by atoms with van der Waals surface area (Å²) in [7, 11) is 3.50. The van der Waals surface area contributed by atoms with E-state index in [0.29, 0.717) is 17.9 Å². The van der Waals surface area contributed by atoms with Crippen LogP contribution in [0.2, 0.25) is 0 Å². The molecule has 1 aromatic rings. The third-order valence-corrected chi connectivity index (χ3v) is 3.25. The summed E-state index contributed by atoms with van der Waals surface area (Å²) in [4.78, 5) is 15.8. The molecule has 104 valence electrons. The van der Waals surface area contributed by atoms with Gasteiger partial charge in [-0.25, -0.2) is 0 Å². The summed E-state index contributed by atoms with van der Waals surface area (Å²) in [6, 6.07) is 5.45. The zero-order valence-electron chi connectivity index (χ0n) is 11.6. The maximum absolute atomic E-state index is 12.0. The number of nitrogens with two attached hydrogens (primary N) is 1. The molecule has 1 amide bonds. The van der Waals surface area contributed by atoms with Crippen molar-refractivity contribution in [2.24, 2.45) is 0 Å². The summed E-state index contributed by atoms with van der Waals surface area (Å²) in [5.74, 6) is -0.00711. The molecule has 5 nitrogen and oxygen atoms in total. The van der Waals surface area contributed by atoms with E-state index in [2.05, 4.69) is 4.90 Å². The number of rotatable bonds is 2. The number of benzene rings is 1. The van der Waals surface area contributed by atoms with Crippen molar-refractivity contribution in [3.05, 3.63) is 23.8 Å². The highest BCUT2D eigenvalue weighted by atomic mass is 16.5. The lowest BCUT2D eigenvalue weighted by Gasteiger charge is -2.24. The van der Waals surface area contributed by atoms with Crippen LogP contribution in [0.15, 0.2) is 18.2 Å². The highest BCUT2D eigenvalue weighted by molar-refractivity contribution is 5.96. The van der Waals surface area contributed by atoms with Crippen LogP contribution in [0.3, 0.4) is 0 Å². The van der Waals surface area contributed by atoms with E-state index in [4.69, 9.17) is 10.5 Å². The molecular weight excluding hydrogens is 242 g/mol. The summed E-state index contributed by atoms with van der Waals surface area (Å²) in [6.45, 7) is 3.20. The Labute approximate surface area is 113 Å². The van der Waals surface area contributed by atoms with Crippen LogP contribution in [0.4, 0.5) is 11.4 Å². The number of hydrogen-bond acceptors (Lipinski definition) is 4. The molecule has 0 bridgehead atoms. The smallest absolute Gasteiger partial charge is 0.253 e. The van der Waals surface area contributed by atoms with Crippen LogP contribution in [-0.2, 0) is 4.74 Å². The molecule has 1 heterocycles. The van der Waals surface area contributed by atoms with E-state index in [-0.39, 0.29) is 5.91 Å². The second-order valence-electron chi connectivity index (χ2n) is 4.93. The highest BCUT2D eigenvalue weighted by Gasteiger charge is 2.16. The van der Waals surface area contributed by atoms with Crippen molar-refractivity contribution in [2.75, 3.05) is 51.0 Å². The van der Waals surface area contributed by atoms with Crippen LogP contribution in [0.25, 0.3) is 0 Å². The molecule has 5 heteroatoms. The van der Waals surface area contributed by atoms with Crippen molar-refractivity contribution < 1.29 is 9.53 Å². The molecule has 1 saturated heterocycles. The second-order valence-corrected chi connectivity index (χ2v) is 4.93. The number of carbonyl (C=O) groups is 1. The predicted octanol–water partition coefficient (Wildman–Crippen LogP) is 1.20. The van der Waals surface area contributed by atoms with Gasteiger partial charge >= 0.3 is 0 Å². The van der Waals surface area contributed by atoms with Gasteiger partial charge in [-0.1, -0.05) is 0 Å². The lowest BCUT2D eigenvalue weighted by Crippen LogP contribution is -2.28. The Balaban J connectivity index is 2.28. The van der Waals surface area contributed by atoms with Gasteiger partial charge in [0.05, 0.1) is 18.0 Å². The van der Waals surface area contributed by atoms with Gasteiger partial charge in [-0.3, -0.25) is 4.79 Å². The molecule has 0 atom stereocenters. The van der Waals surface area contributed by atoms with Crippen molar-refractivity contribution in [1.82, 2.24) is 4.90 Å². The summed E-state index contributed by atoms with van der Waals surface area (Å²) in [5, 5.41) is 0. The van der Waals surface area contributed by atoms with Gasteiger partial charge in [0.1, 0.15) is 0 Å². The number of amides is 1. The van der Waals surface area contributed by atoms with E-state index in [1.54, 1.807) is 31.1 Å². The highest BCUT2D eigenvalue weighted by Crippen LogP contribution is 2.26. The fourth-order valence-corrected chi connectivity index (χ4v) is 2.20. The lowest BCUT2D eigenvalue weighted by atomic mass is 10.1. The van der Waals surface area contributed by atoms with E-state index in [1.165, 1.54) is 0 Å². The minimum Gasteiger partial charge on any atom is -0.397 e. The third kappa shape index (κ3) is 3.17. The molecule has 1 aromatic carbocycles. The topological polar surface area (TPSA) is 58.8 Å². The van der Waals surface area contributed by atoms with E-state index in [9.17, 15) is 4.79 Å². The molecule has 19 heavy (non-hydrogen) atoms. The van der Waals surface area contributed by atoms with Gasteiger partial charge in [0.25, 0.3) is 5.91 Å². The van der Waals surface area contributed by atoms with Crippen LogP contribution in [0.1, 0.15) is 16.8 Å². The Morgan fingerprint density at radius 1 is 1.32 bits per heavy atom. The average molecular weight is 263 g/mol. The summed E-state index contributed by atoms with van der Waals surface area (Å²) >= 11 is 0. The van der Waals surface area contributed by atoms with E-state index >= 15 is 0 Å². The third-order valence-electron chi connectivity index (χ3n) is 3.25. The van der Waals surface area contributed by atoms with E-state index in [1.807, 2.05) is 6.07 Å². The Morgan fingerprint density at radius 3 is 2.84 bits per heavy atom. The largest absolute Gasteiger partial charge is 0.397 e. The number of carbonyl (C=O) groups excluding carboxylic acids is 1. The standard InChI is InChI=1S/C14H21N3O2/c1-16(2)14(18)11-4-5-12(15)13(10-11)17-6-3-8-19-9-7-17/h4-5,10H,3,6-9,15H2,1-2H3. The van der Waals surface area contributed by atoms with Gasteiger partial charge in [0.15, 0.2) is 0 Å². The summed E-state index contributed by atoms with van der Waals surface area (Å²) in [5.41, 5.74) is 8.34. The molecule has 1 aliphatic heterocycles. The first-order valence-electron chi connectivity index (χ1n) is 6.53. The fourth-order valence-electron chi connectivity index (χ4n) is 2.20. The van der Waals surface area contributed by atoms with Gasteiger partial charge in [-0.2, -0.15) is 0 Å². The van der Waals surface area contributed by atoms with Gasteiger partial charge < -0.3 is 20.3 Å². The molecule has 0 saturated carbocycles. The molecule has 0 aromatic heterocycles. The fraction of sp³-hybridized carbons (Fsp3) is 0.500. The average Bonchev–Trinajstić information content (AvgIpc) is 2.67. The molecule has 0 spiro atoms. The quantitative estimate of drug-likeness (QED) is 0.814. The zero-order chi connectivity index (χ0) is 13.8. The van der Waals surface area contributed by atoms with Crippen molar-refractivity contribution in [1.29, 1.82) is 0 Å². The monoisotopic (exact) mass is 263 g/mol. The van der Waals surface area contributed by atoms with Crippen molar-refractivity contribution in [3.63, 3.8) is 0 Å². The molecule has 1 fully saturated rings. The molecule has 1 aliphatic rings. The molecule has 2 N–H and O–H groups in total. The number of hydrogen-bond donors (Lipinski definition) is 1. The number of nitrogens with zero attached hydrogens (tertiary/aromatic N) is 2. The molecule has 0 aliphatic carbocycles. The first-order chi connectivity index (χ1) is 9.09.